The number of hydrogen-bond donors (Lipinski definition) is 1. The zero-order valence-electron chi connectivity index (χ0n) is 10.8. The van der Waals surface area contributed by atoms with E-state index in [1.54, 1.807) is 6.07 Å². The van der Waals surface area contributed by atoms with Crippen LogP contribution >= 0.6 is 0 Å². The fourth-order valence-electron chi connectivity index (χ4n) is 2.27. The Kier molecular flexibility index (Phi) is 3.13. The normalized spacial score (nSPS) is 17.1. The van der Waals surface area contributed by atoms with Crippen molar-refractivity contribution in [3.05, 3.63) is 29.6 Å². The van der Waals surface area contributed by atoms with Gasteiger partial charge in [0.05, 0.1) is 0 Å². The molecule has 0 radical (unpaired) electrons. The lowest BCUT2D eigenvalue weighted by Gasteiger charge is -2.48. The smallest absolute Gasteiger partial charge is 0.129 e. The Morgan fingerprint density at radius 2 is 2.00 bits per heavy atom. The molecule has 94 valence electrons. The van der Waals surface area contributed by atoms with E-state index in [0.717, 1.165) is 18.8 Å². The lowest BCUT2D eigenvalue weighted by Crippen LogP contribution is -2.52. The molecule has 1 heterocycles. The van der Waals surface area contributed by atoms with Gasteiger partial charge in [-0.05, 0) is 23.5 Å². The van der Waals surface area contributed by atoms with E-state index in [2.05, 4.69) is 25.7 Å². The Morgan fingerprint density at radius 3 is 2.53 bits per heavy atom. The Bertz CT molecular complexity index is 403. The van der Waals surface area contributed by atoms with E-state index in [0.29, 0.717) is 16.9 Å². The quantitative estimate of drug-likeness (QED) is 0.855. The maximum atomic E-state index is 13.6. The third kappa shape index (κ3) is 2.29. The summed E-state index contributed by atoms with van der Waals surface area (Å²) in [6, 6.07) is 5.20. The van der Waals surface area contributed by atoms with Gasteiger partial charge in [0.2, 0.25) is 0 Å². The molecule has 0 aliphatic carbocycles. The molecule has 17 heavy (non-hydrogen) atoms. The zero-order chi connectivity index (χ0) is 12.6. The van der Waals surface area contributed by atoms with Crippen molar-refractivity contribution < 1.29 is 4.39 Å². The summed E-state index contributed by atoms with van der Waals surface area (Å²) in [4.78, 5) is 2.22. The highest BCUT2D eigenvalue weighted by Crippen LogP contribution is 2.37. The minimum Gasteiger partial charge on any atom is -0.370 e. The standard InChI is InChI=1S/C14H21FN2/c1-14(2,3)10-8-17(9-10)13-6-4-5-12(15)11(13)7-16/h4-6,10H,7-9,16H2,1-3H3. The lowest BCUT2D eigenvalue weighted by molar-refractivity contribution is 0.195. The minimum atomic E-state index is -0.191. The van der Waals surface area contributed by atoms with Crippen LogP contribution in [0.1, 0.15) is 26.3 Å². The van der Waals surface area contributed by atoms with Crippen molar-refractivity contribution in [1.82, 2.24) is 0 Å². The first-order valence-electron chi connectivity index (χ1n) is 6.16. The van der Waals surface area contributed by atoms with Gasteiger partial charge < -0.3 is 10.6 Å². The van der Waals surface area contributed by atoms with Crippen LogP contribution < -0.4 is 10.6 Å². The second-order valence-electron chi connectivity index (χ2n) is 5.91. The van der Waals surface area contributed by atoms with E-state index in [4.69, 9.17) is 5.73 Å². The second kappa shape index (κ2) is 4.30. The van der Waals surface area contributed by atoms with Gasteiger partial charge in [-0.25, -0.2) is 4.39 Å². The molecule has 0 atom stereocenters. The van der Waals surface area contributed by atoms with Crippen LogP contribution in [0.2, 0.25) is 0 Å². The highest BCUT2D eigenvalue weighted by atomic mass is 19.1. The minimum absolute atomic E-state index is 0.191. The summed E-state index contributed by atoms with van der Waals surface area (Å²) in [6.07, 6.45) is 0. The molecular formula is C14H21FN2. The molecule has 1 aromatic rings. The maximum Gasteiger partial charge on any atom is 0.129 e. The number of benzene rings is 1. The van der Waals surface area contributed by atoms with Crippen molar-refractivity contribution in [2.24, 2.45) is 17.1 Å². The number of anilines is 1. The molecule has 1 aromatic carbocycles. The summed E-state index contributed by atoms with van der Waals surface area (Å²) in [5.74, 6) is 0.487. The number of nitrogens with two attached hydrogens (primary N) is 1. The van der Waals surface area contributed by atoms with Crippen molar-refractivity contribution in [2.75, 3.05) is 18.0 Å². The van der Waals surface area contributed by atoms with Crippen LogP contribution in [0, 0.1) is 17.2 Å². The Morgan fingerprint density at radius 1 is 1.35 bits per heavy atom. The summed E-state index contributed by atoms with van der Waals surface area (Å²) in [7, 11) is 0. The summed E-state index contributed by atoms with van der Waals surface area (Å²) < 4.78 is 13.6. The Balaban J connectivity index is 2.14. The number of nitrogens with zero attached hydrogens (tertiary/aromatic N) is 1. The molecule has 0 bridgehead atoms. The summed E-state index contributed by atoms with van der Waals surface area (Å²) in [5.41, 5.74) is 7.55. The molecule has 0 aromatic heterocycles. The van der Waals surface area contributed by atoms with Gasteiger partial charge in [-0.15, -0.1) is 0 Å². The van der Waals surface area contributed by atoms with E-state index >= 15 is 0 Å². The Labute approximate surface area is 103 Å². The molecule has 2 nitrogen and oxygen atoms in total. The monoisotopic (exact) mass is 236 g/mol. The SMILES string of the molecule is CC(C)(C)C1CN(c2cccc(F)c2CN)C1. The van der Waals surface area contributed by atoms with Gasteiger partial charge in [-0.2, -0.15) is 0 Å². The molecule has 0 spiro atoms. The highest BCUT2D eigenvalue weighted by molar-refractivity contribution is 5.56. The predicted octanol–water partition coefficient (Wildman–Crippen LogP) is 2.77. The van der Waals surface area contributed by atoms with E-state index in [9.17, 15) is 4.39 Å². The fraction of sp³-hybridized carbons (Fsp3) is 0.571. The topological polar surface area (TPSA) is 29.3 Å². The van der Waals surface area contributed by atoms with Crippen molar-refractivity contribution in [2.45, 2.75) is 27.3 Å². The summed E-state index contributed by atoms with van der Waals surface area (Å²) in [6.45, 7) is 9.03. The molecule has 1 aliphatic rings. The number of hydrogen-bond acceptors (Lipinski definition) is 2. The van der Waals surface area contributed by atoms with Gasteiger partial charge in [0, 0.05) is 30.9 Å². The van der Waals surface area contributed by atoms with Crippen LogP contribution in [0.3, 0.4) is 0 Å². The average molecular weight is 236 g/mol. The highest BCUT2D eigenvalue weighted by Gasteiger charge is 2.36. The van der Waals surface area contributed by atoms with Crippen LogP contribution in [0.15, 0.2) is 18.2 Å². The number of rotatable bonds is 2. The third-order valence-corrected chi connectivity index (χ3v) is 3.75. The number of halogens is 1. The molecule has 2 rings (SSSR count). The lowest BCUT2D eigenvalue weighted by atomic mass is 9.75. The second-order valence-corrected chi connectivity index (χ2v) is 5.91. The fourth-order valence-corrected chi connectivity index (χ4v) is 2.27. The molecule has 1 fully saturated rings. The van der Waals surface area contributed by atoms with Crippen molar-refractivity contribution in [3.63, 3.8) is 0 Å². The van der Waals surface area contributed by atoms with Gasteiger partial charge in [0.1, 0.15) is 5.82 Å². The van der Waals surface area contributed by atoms with Crippen molar-refractivity contribution in [3.8, 4) is 0 Å². The summed E-state index contributed by atoms with van der Waals surface area (Å²) >= 11 is 0. The largest absolute Gasteiger partial charge is 0.370 e. The van der Waals surface area contributed by atoms with Gasteiger partial charge in [0.15, 0.2) is 0 Å². The molecule has 1 aliphatic heterocycles. The van der Waals surface area contributed by atoms with Crippen LogP contribution in [0.5, 0.6) is 0 Å². The Hall–Kier alpha value is -1.09. The van der Waals surface area contributed by atoms with E-state index < -0.39 is 0 Å². The van der Waals surface area contributed by atoms with Crippen LogP contribution in [-0.2, 0) is 6.54 Å². The van der Waals surface area contributed by atoms with E-state index in [-0.39, 0.29) is 12.4 Å². The molecular weight excluding hydrogens is 215 g/mol. The van der Waals surface area contributed by atoms with Crippen LogP contribution in [0.25, 0.3) is 0 Å². The first kappa shape index (κ1) is 12.4. The predicted molar refractivity (Wildman–Crippen MR) is 69.4 cm³/mol. The molecule has 2 N–H and O–H groups in total. The molecule has 0 saturated carbocycles. The van der Waals surface area contributed by atoms with Gasteiger partial charge in [-0.3, -0.25) is 0 Å². The van der Waals surface area contributed by atoms with Gasteiger partial charge in [-0.1, -0.05) is 26.8 Å². The molecule has 0 unspecified atom stereocenters. The molecule has 3 heteroatoms. The van der Waals surface area contributed by atoms with Crippen LogP contribution in [0.4, 0.5) is 10.1 Å². The maximum absolute atomic E-state index is 13.6. The third-order valence-electron chi connectivity index (χ3n) is 3.75. The molecule has 1 saturated heterocycles. The van der Waals surface area contributed by atoms with Crippen molar-refractivity contribution in [1.29, 1.82) is 0 Å². The van der Waals surface area contributed by atoms with Crippen LogP contribution in [-0.4, -0.2) is 13.1 Å². The first-order chi connectivity index (χ1) is 7.93. The van der Waals surface area contributed by atoms with E-state index in [1.807, 2.05) is 6.07 Å². The van der Waals surface area contributed by atoms with Gasteiger partial charge in [0.25, 0.3) is 0 Å². The zero-order valence-corrected chi connectivity index (χ0v) is 10.8. The first-order valence-corrected chi connectivity index (χ1v) is 6.16. The van der Waals surface area contributed by atoms with Crippen molar-refractivity contribution >= 4 is 5.69 Å². The average Bonchev–Trinajstić information content (AvgIpc) is 2.13. The van der Waals surface area contributed by atoms with Gasteiger partial charge >= 0.3 is 0 Å². The molecule has 0 amide bonds. The van der Waals surface area contributed by atoms with E-state index in [1.165, 1.54) is 6.07 Å². The summed E-state index contributed by atoms with van der Waals surface area (Å²) in [5, 5.41) is 0.